The van der Waals surface area contributed by atoms with Crippen molar-refractivity contribution in [3.63, 3.8) is 0 Å². The molecule has 74 valence electrons. The third-order valence-corrected chi connectivity index (χ3v) is 1.96. The van der Waals surface area contributed by atoms with Gasteiger partial charge in [-0.15, -0.1) is 0 Å². The minimum atomic E-state index is -0.742. The lowest BCUT2D eigenvalue weighted by molar-refractivity contribution is 0.625. The molecule has 1 rings (SSSR count). The molecule has 0 unspecified atom stereocenters. The fraction of sp³-hybridized carbons (Fsp3) is 0.167. The van der Waals surface area contributed by atoms with E-state index in [4.69, 9.17) is 0 Å². The fourth-order valence-electron chi connectivity index (χ4n) is 1.26. The molecule has 0 heterocycles. The van der Waals surface area contributed by atoms with Crippen molar-refractivity contribution in [2.24, 2.45) is 0 Å². The molecule has 0 amide bonds. The highest BCUT2D eigenvalue weighted by Crippen LogP contribution is 2.27. The van der Waals surface area contributed by atoms with Crippen LogP contribution in [0.2, 0.25) is 0 Å². The average molecular weight is 194 g/mol. The van der Waals surface area contributed by atoms with Gasteiger partial charge in [0.15, 0.2) is 0 Å². The number of aryl methyl sites for hydroxylation is 1. The Balaban J connectivity index is 3.21. The summed E-state index contributed by atoms with van der Waals surface area (Å²) in [6, 6.07) is 6.97. The molecule has 0 saturated heterocycles. The topological polar surface area (TPSA) is 0 Å². The highest BCUT2D eigenvalue weighted by atomic mass is 19.1. The van der Waals surface area contributed by atoms with E-state index in [1.165, 1.54) is 6.92 Å². The van der Waals surface area contributed by atoms with Crippen molar-refractivity contribution >= 4 is 5.57 Å². The minimum Gasteiger partial charge on any atom is -0.211 e. The van der Waals surface area contributed by atoms with Crippen molar-refractivity contribution in [1.29, 1.82) is 0 Å². The summed E-state index contributed by atoms with van der Waals surface area (Å²) in [6.45, 7) is 6.25. The average Bonchev–Trinajstić information content (AvgIpc) is 2.07. The first-order valence-corrected chi connectivity index (χ1v) is 4.30. The van der Waals surface area contributed by atoms with Crippen LogP contribution in [0.4, 0.5) is 8.78 Å². The second-order valence-corrected chi connectivity index (χ2v) is 3.18. The van der Waals surface area contributed by atoms with Gasteiger partial charge in [0.25, 0.3) is 0 Å². The van der Waals surface area contributed by atoms with Crippen LogP contribution in [0.3, 0.4) is 0 Å². The molecule has 0 bridgehead atoms. The highest BCUT2D eigenvalue weighted by Gasteiger charge is 2.09. The molecule has 0 aliphatic heterocycles. The Kier molecular flexibility index (Phi) is 3.18. The van der Waals surface area contributed by atoms with Crippen LogP contribution in [0, 0.1) is 6.92 Å². The van der Waals surface area contributed by atoms with Crippen LogP contribution in [0.15, 0.2) is 42.5 Å². The van der Waals surface area contributed by atoms with Crippen molar-refractivity contribution in [3.8, 4) is 0 Å². The first-order valence-electron chi connectivity index (χ1n) is 4.30. The van der Waals surface area contributed by atoms with Crippen molar-refractivity contribution in [2.45, 2.75) is 13.8 Å². The summed E-state index contributed by atoms with van der Waals surface area (Å²) < 4.78 is 25.9. The van der Waals surface area contributed by atoms with Crippen LogP contribution in [0.25, 0.3) is 5.57 Å². The zero-order valence-corrected chi connectivity index (χ0v) is 8.27. The molecule has 1 aromatic carbocycles. The van der Waals surface area contributed by atoms with Crippen LogP contribution in [0.5, 0.6) is 0 Å². The Morgan fingerprint density at radius 1 is 1.14 bits per heavy atom. The molecule has 2 heteroatoms. The summed E-state index contributed by atoms with van der Waals surface area (Å²) in [6.07, 6.45) is 0. The summed E-state index contributed by atoms with van der Waals surface area (Å²) in [5.41, 5.74) is 1.52. The maximum atomic E-state index is 13.0. The van der Waals surface area contributed by atoms with Crippen molar-refractivity contribution in [1.82, 2.24) is 0 Å². The van der Waals surface area contributed by atoms with E-state index in [0.717, 1.165) is 5.56 Å². The lowest BCUT2D eigenvalue weighted by atomic mass is 10.0. The number of allylic oxidation sites excluding steroid dienone is 3. The van der Waals surface area contributed by atoms with Gasteiger partial charge in [0.1, 0.15) is 11.7 Å². The standard InChI is InChI=1S/C12H12F2/c1-8-4-6-11(7-5-8)12(9(2)13)10(3)14/h4-7H,2H2,1,3H3/b12-10-. The molecule has 0 N–H and O–H groups in total. The Labute approximate surface area is 82.6 Å². The number of benzene rings is 1. The first kappa shape index (κ1) is 10.6. The minimum absolute atomic E-state index is 0.0509. The predicted molar refractivity (Wildman–Crippen MR) is 55.1 cm³/mol. The highest BCUT2D eigenvalue weighted by molar-refractivity contribution is 5.77. The van der Waals surface area contributed by atoms with Gasteiger partial charge in [-0.2, -0.15) is 0 Å². The Hall–Kier alpha value is -1.44. The maximum absolute atomic E-state index is 13.0. The van der Waals surface area contributed by atoms with Gasteiger partial charge in [-0.25, -0.2) is 8.78 Å². The Bertz CT molecular complexity index is 368. The van der Waals surface area contributed by atoms with E-state index < -0.39 is 11.7 Å². The van der Waals surface area contributed by atoms with E-state index >= 15 is 0 Å². The van der Waals surface area contributed by atoms with Crippen LogP contribution in [0.1, 0.15) is 18.1 Å². The summed E-state index contributed by atoms with van der Waals surface area (Å²) in [7, 11) is 0. The maximum Gasteiger partial charge on any atom is 0.126 e. The number of rotatable bonds is 2. The van der Waals surface area contributed by atoms with E-state index in [9.17, 15) is 8.78 Å². The molecule has 0 spiro atoms. The normalized spacial score (nSPS) is 12.3. The van der Waals surface area contributed by atoms with Gasteiger partial charge < -0.3 is 0 Å². The fourth-order valence-corrected chi connectivity index (χ4v) is 1.26. The monoisotopic (exact) mass is 194 g/mol. The molecule has 14 heavy (non-hydrogen) atoms. The molecule has 0 fully saturated rings. The second kappa shape index (κ2) is 4.18. The second-order valence-electron chi connectivity index (χ2n) is 3.18. The molecule has 1 aromatic rings. The molecule has 0 aliphatic carbocycles. The quantitative estimate of drug-likeness (QED) is 0.619. The smallest absolute Gasteiger partial charge is 0.126 e. The number of hydrogen-bond donors (Lipinski definition) is 0. The summed E-state index contributed by atoms with van der Waals surface area (Å²) >= 11 is 0. The molecule has 0 nitrogen and oxygen atoms in total. The molecule has 0 saturated carbocycles. The largest absolute Gasteiger partial charge is 0.211 e. The van der Waals surface area contributed by atoms with Gasteiger partial charge in [0, 0.05) is 5.57 Å². The van der Waals surface area contributed by atoms with Gasteiger partial charge in [0.05, 0.1) is 0 Å². The first-order chi connectivity index (χ1) is 6.52. The summed E-state index contributed by atoms with van der Waals surface area (Å²) in [4.78, 5) is 0. The molecular weight excluding hydrogens is 182 g/mol. The zero-order valence-electron chi connectivity index (χ0n) is 8.27. The van der Waals surface area contributed by atoms with E-state index in [2.05, 4.69) is 6.58 Å². The van der Waals surface area contributed by atoms with E-state index in [1.54, 1.807) is 24.3 Å². The van der Waals surface area contributed by atoms with Crippen LogP contribution in [-0.4, -0.2) is 0 Å². The third kappa shape index (κ3) is 2.28. The van der Waals surface area contributed by atoms with Gasteiger partial charge >= 0.3 is 0 Å². The van der Waals surface area contributed by atoms with Crippen molar-refractivity contribution in [3.05, 3.63) is 53.6 Å². The van der Waals surface area contributed by atoms with E-state index in [-0.39, 0.29) is 5.57 Å². The lowest BCUT2D eigenvalue weighted by Gasteiger charge is -2.05. The molecule has 0 aliphatic rings. The van der Waals surface area contributed by atoms with Gasteiger partial charge in [-0.05, 0) is 19.4 Å². The Morgan fingerprint density at radius 2 is 1.64 bits per heavy atom. The number of halogens is 2. The van der Waals surface area contributed by atoms with Gasteiger partial charge in [-0.3, -0.25) is 0 Å². The molecular formula is C12H12F2. The predicted octanol–water partition coefficient (Wildman–Crippen LogP) is 4.18. The molecule has 0 radical (unpaired) electrons. The SMILES string of the molecule is C=C(F)/C(=C(\C)F)c1ccc(C)cc1. The number of hydrogen-bond acceptors (Lipinski definition) is 0. The van der Waals surface area contributed by atoms with Crippen molar-refractivity contribution in [2.75, 3.05) is 0 Å². The van der Waals surface area contributed by atoms with E-state index in [0.29, 0.717) is 5.56 Å². The third-order valence-electron chi connectivity index (χ3n) is 1.96. The van der Waals surface area contributed by atoms with Crippen LogP contribution in [-0.2, 0) is 0 Å². The van der Waals surface area contributed by atoms with Crippen LogP contribution < -0.4 is 0 Å². The molecule has 0 aromatic heterocycles. The lowest BCUT2D eigenvalue weighted by Crippen LogP contribution is -1.87. The zero-order chi connectivity index (χ0) is 10.7. The van der Waals surface area contributed by atoms with Gasteiger partial charge in [-0.1, -0.05) is 36.4 Å². The van der Waals surface area contributed by atoms with E-state index in [1.807, 2.05) is 6.92 Å². The molecule has 0 atom stereocenters. The van der Waals surface area contributed by atoms with Crippen molar-refractivity contribution < 1.29 is 8.78 Å². The Morgan fingerprint density at radius 3 is 2.00 bits per heavy atom. The van der Waals surface area contributed by atoms with Crippen LogP contribution >= 0.6 is 0 Å². The van der Waals surface area contributed by atoms with Gasteiger partial charge in [0.2, 0.25) is 0 Å². The summed E-state index contributed by atoms with van der Waals surface area (Å²) in [5, 5.41) is 0. The summed E-state index contributed by atoms with van der Waals surface area (Å²) in [5.74, 6) is -1.30.